The zero-order valence-corrected chi connectivity index (χ0v) is 19.7. The van der Waals surface area contributed by atoms with Gasteiger partial charge in [-0.1, -0.05) is 18.7 Å². The van der Waals surface area contributed by atoms with Crippen molar-refractivity contribution >= 4 is 22.5 Å². The van der Waals surface area contributed by atoms with Gasteiger partial charge in [-0.25, -0.2) is 9.37 Å². The van der Waals surface area contributed by atoms with Gasteiger partial charge in [0.2, 0.25) is 11.4 Å². The van der Waals surface area contributed by atoms with E-state index in [1.54, 1.807) is 54.4 Å². The number of anilines is 1. The van der Waals surface area contributed by atoms with E-state index in [1.807, 2.05) is 0 Å². The first-order chi connectivity index (χ1) is 16.9. The summed E-state index contributed by atoms with van der Waals surface area (Å²) in [6.45, 7) is 12.8. The smallest absolute Gasteiger partial charge is 0.270 e. The summed E-state index contributed by atoms with van der Waals surface area (Å²) < 4.78 is 20.9. The SMILES string of the molecule is [C-]#[N+]c1ccc2c(n1)c(N1C[C@@H](C)N(C(c3ccc(F)cc3)c3ncco3)C[C@@H]1C)cc(=O)n2C. The third kappa shape index (κ3) is 4.06. The van der Waals surface area contributed by atoms with E-state index in [0.717, 1.165) is 11.3 Å². The third-order valence-corrected chi connectivity index (χ3v) is 6.71. The molecule has 0 aliphatic carbocycles. The molecule has 1 unspecified atom stereocenters. The zero-order chi connectivity index (χ0) is 24.7. The molecule has 0 amide bonds. The molecule has 5 rings (SSSR count). The number of benzene rings is 1. The van der Waals surface area contributed by atoms with Crippen LogP contribution in [-0.4, -0.2) is 44.6 Å². The second-order valence-electron chi connectivity index (χ2n) is 8.95. The highest BCUT2D eigenvalue weighted by atomic mass is 19.1. The molecule has 3 aromatic heterocycles. The summed E-state index contributed by atoms with van der Waals surface area (Å²) in [5, 5.41) is 0. The summed E-state index contributed by atoms with van der Waals surface area (Å²) >= 11 is 0. The van der Waals surface area contributed by atoms with Gasteiger partial charge in [0.15, 0.2) is 0 Å². The lowest BCUT2D eigenvalue weighted by Gasteiger charge is -2.47. The summed E-state index contributed by atoms with van der Waals surface area (Å²) in [6.07, 6.45) is 3.16. The standard InChI is InChI=1S/C26H25FN6O2/c1-16-15-33(25(26-29-11-12-35-26)18-5-7-19(27)8-6-18)17(2)14-32(16)21-13-23(34)31(4)20-9-10-22(28-3)30-24(20)21/h5-13,16-17,25H,14-15H2,1-2,4H3/t16-,17+,25?/m0/s1. The Labute approximate surface area is 202 Å². The lowest BCUT2D eigenvalue weighted by atomic mass is 9.98. The number of oxazole rings is 1. The zero-order valence-electron chi connectivity index (χ0n) is 19.7. The van der Waals surface area contributed by atoms with Gasteiger partial charge in [0.05, 0.1) is 17.4 Å². The van der Waals surface area contributed by atoms with E-state index in [2.05, 4.69) is 38.5 Å². The van der Waals surface area contributed by atoms with E-state index in [9.17, 15) is 9.18 Å². The van der Waals surface area contributed by atoms with Crippen molar-refractivity contribution in [3.63, 3.8) is 0 Å². The van der Waals surface area contributed by atoms with Gasteiger partial charge in [-0.3, -0.25) is 9.69 Å². The minimum Gasteiger partial charge on any atom is -0.447 e. The topological polar surface area (TPSA) is 71.8 Å². The minimum atomic E-state index is -0.296. The molecule has 0 saturated carbocycles. The van der Waals surface area contributed by atoms with E-state index in [-0.39, 0.29) is 35.3 Å². The number of rotatable bonds is 4. The Hall–Kier alpha value is -4.03. The van der Waals surface area contributed by atoms with E-state index < -0.39 is 0 Å². The average Bonchev–Trinajstić information content (AvgIpc) is 3.39. The average molecular weight is 473 g/mol. The molecule has 178 valence electrons. The molecule has 8 nitrogen and oxygen atoms in total. The van der Waals surface area contributed by atoms with Gasteiger partial charge in [0.1, 0.15) is 18.1 Å². The van der Waals surface area contributed by atoms with Crippen LogP contribution in [0.5, 0.6) is 0 Å². The molecule has 1 aromatic carbocycles. The number of hydrogen-bond acceptors (Lipinski definition) is 6. The number of aromatic nitrogens is 3. The highest BCUT2D eigenvalue weighted by Crippen LogP contribution is 2.35. The maximum Gasteiger partial charge on any atom is 0.270 e. The molecule has 3 atom stereocenters. The third-order valence-electron chi connectivity index (χ3n) is 6.71. The fourth-order valence-corrected chi connectivity index (χ4v) is 4.92. The number of hydrogen-bond donors (Lipinski definition) is 0. The van der Waals surface area contributed by atoms with Gasteiger partial charge in [-0.2, -0.15) is 0 Å². The molecule has 1 saturated heterocycles. The number of fused-ring (bicyclic) bond motifs is 1. The van der Waals surface area contributed by atoms with Crippen molar-refractivity contribution in [1.82, 2.24) is 19.4 Å². The number of pyridine rings is 2. The lowest BCUT2D eigenvalue weighted by molar-refractivity contribution is 0.114. The Morgan fingerprint density at radius 2 is 1.91 bits per heavy atom. The first kappa shape index (κ1) is 22.7. The number of piperazine rings is 1. The van der Waals surface area contributed by atoms with Crippen LogP contribution < -0.4 is 10.5 Å². The predicted octanol–water partition coefficient (Wildman–Crippen LogP) is 4.30. The van der Waals surface area contributed by atoms with Crippen molar-refractivity contribution in [1.29, 1.82) is 0 Å². The van der Waals surface area contributed by atoms with Crippen molar-refractivity contribution < 1.29 is 8.81 Å². The van der Waals surface area contributed by atoms with Gasteiger partial charge in [-0.05, 0) is 43.7 Å². The molecular formula is C26H25FN6O2. The van der Waals surface area contributed by atoms with Gasteiger partial charge < -0.3 is 18.7 Å². The number of nitrogens with zero attached hydrogens (tertiary/aromatic N) is 6. The molecule has 1 fully saturated rings. The first-order valence-electron chi connectivity index (χ1n) is 11.4. The van der Waals surface area contributed by atoms with E-state index in [4.69, 9.17) is 11.0 Å². The Kier molecular flexibility index (Phi) is 5.83. The second-order valence-corrected chi connectivity index (χ2v) is 8.95. The molecule has 0 radical (unpaired) electrons. The van der Waals surface area contributed by atoms with Gasteiger partial charge in [0, 0.05) is 38.3 Å². The summed E-state index contributed by atoms with van der Waals surface area (Å²) in [5.74, 6) is 0.540. The predicted molar refractivity (Wildman–Crippen MR) is 131 cm³/mol. The molecule has 1 aliphatic heterocycles. The highest BCUT2D eigenvalue weighted by Gasteiger charge is 2.38. The second kappa shape index (κ2) is 8.96. The molecule has 0 spiro atoms. The van der Waals surface area contributed by atoms with Crippen LogP contribution in [0.3, 0.4) is 0 Å². The number of aryl methyl sites for hydroxylation is 1. The van der Waals surface area contributed by atoms with Gasteiger partial charge >= 0.3 is 0 Å². The molecule has 35 heavy (non-hydrogen) atoms. The van der Waals surface area contributed by atoms with Crippen molar-refractivity contribution in [3.8, 4) is 0 Å². The molecule has 9 heteroatoms. The Morgan fingerprint density at radius 3 is 2.60 bits per heavy atom. The molecule has 4 heterocycles. The molecule has 0 bridgehead atoms. The van der Waals surface area contributed by atoms with Crippen LogP contribution >= 0.6 is 0 Å². The maximum atomic E-state index is 13.6. The fourth-order valence-electron chi connectivity index (χ4n) is 4.92. The summed E-state index contributed by atoms with van der Waals surface area (Å²) in [7, 11) is 1.71. The van der Waals surface area contributed by atoms with E-state index >= 15 is 0 Å². The van der Waals surface area contributed by atoms with Crippen LogP contribution in [0.25, 0.3) is 15.9 Å². The highest BCUT2D eigenvalue weighted by molar-refractivity contribution is 5.89. The minimum absolute atomic E-state index is 0.0119. The largest absolute Gasteiger partial charge is 0.447 e. The van der Waals surface area contributed by atoms with Crippen LogP contribution in [0.1, 0.15) is 31.3 Å². The quantitative estimate of drug-likeness (QED) is 0.413. The molecule has 4 aromatic rings. The van der Waals surface area contributed by atoms with E-state index in [0.29, 0.717) is 30.0 Å². The number of halogens is 1. The van der Waals surface area contributed by atoms with Crippen LogP contribution in [0.4, 0.5) is 15.9 Å². The molecule has 0 N–H and O–H groups in total. The Balaban J connectivity index is 1.54. The van der Waals surface area contributed by atoms with Crippen LogP contribution in [-0.2, 0) is 7.05 Å². The van der Waals surface area contributed by atoms with Crippen LogP contribution in [0, 0.1) is 12.4 Å². The fraction of sp³-hybridized carbons (Fsp3) is 0.308. The van der Waals surface area contributed by atoms with Crippen molar-refractivity contribution in [3.05, 3.63) is 94.0 Å². The molecular weight excluding hydrogens is 447 g/mol. The normalized spacial score (nSPS) is 19.6. The first-order valence-corrected chi connectivity index (χ1v) is 11.4. The maximum absolute atomic E-state index is 13.6. The Morgan fingerprint density at radius 1 is 1.14 bits per heavy atom. The van der Waals surface area contributed by atoms with Crippen molar-refractivity contribution in [2.75, 3.05) is 18.0 Å². The monoisotopic (exact) mass is 472 g/mol. The Bertz CT molecular complexity index is 1460. The lowest BCUT2D eigenvalue weighted by Crippen LogP contribution is -2.57. The van der Waals surface area contributed by atoms with Crippen LogP contribution in [0.15, 0.2) is 64.1 Å². The summed E-state index contributed by atoms with van der Waals surface area (Å²) in [5.41, 5.74) is 2.81. The van der Waals surface area contributed by atoms with Crippen molar-refractivity contribution in [2.24, 2.45) is 7.05 Å². The summed E-state index contributed by atoms with van der Waals surface area (Å²) in [4.78, 5) is 29.7. The van der Waals surface area contributed by atoms with E-state index in [1.165, 1.54) is 12.1 Å². The van der Waals surface area contributed by atoms with Gasteiger partial charge in [-0.15, -0.1) is 4.98 Å². The van der Waals surface area contributed by atoms with Gasteiger partial charge in [0.25, 0.3) is 11.4 Å². The van der Waals surface area contributed by atoms with Crippen molar-refractivity contribution in [2.45, 2.75) is 32.0 Å². The van der Waals surface area contributed by atoms with Crippen LogP contribution in [0.2, 0.25) is 0 Å². The summed E-state index contributed by atoms with van der Waals surface area (Å²) in [6, 6.07) is 11.2. The molecule has 1 aliphatic rings.